The molecule has 0 radical (unpaired) electrons. The van der Waals surface area contributed by atoms with Crippen LogP contribution in [-0.4, -0.2) is 44.0 Å². The first kappa shape index (κ1) is 13.5. The van der Waals surface area contributed by atoms with Crippen molar-refractivity contribution < 1.29 is 4.79 Å². The Bertz CT molecular complexity index is 449. The van der Waals surface area contributed by atoms with Gasteiger partial charge < -0.3 is 15.5 Å². The molecule has 98 valence electrons. The highest BCUT2D eigenvalue weighted by Crippen LogP contribution is 2.30. The number of hydrogen-bond donors (Lipinski definition) is 2. The summed E-state index contributed by atoms with van der Waals surface area (Å²) in [5.74, 6) is -0.193. The van der Waals surface area contributed by atoms with E-state index in [1.54, 1.807) is 26.2 Å². The highest BCUT2D eigenvalue weighted by atomic mass is 35.5. The summed E-state index contributed by atoms with van der Waals surface area (Å²) in [7, 11) is 3.34. The molecular weight excluding hydrogens is 273 g/mol. The van der Waals surface area contributed by atoms with Crippen LogP contribution in [0.25, 0.3) is 0 Å². The van der Waals surface area contributed by atoms with Gasteiger partial charge in [0.2, 0.25) is 0 Å². The van der Waals surface area contributed by atoms with E-state index >= 15 is 0 Å². The molecule has 1 fully saturated rings. The highest BCUT2D eigenvalue weighted by Gasteiger charge is 2.20. The van der Waals surface area contributed by atoms with Crippen molar-refractivity contribution in [2.24, 2.45) is 0 Å². The zero-order valence-corrected chi connectivity index (χ0v) is 11.8. The molecule has 4 nitrogen and oxygen atoms in total. The van der Waals surface area contributed by atoms with Crippen LogP contribution in [0, 0.1) is 0 Å². The Morgan fingerprint density at radius 2 is 1.89 bits per heavy atom. The minimum Gasteiger partial charge on any atom is -0.380 e. The van der Waals surface area contributed by atoms with Crippen LogP contribution in [0.4, 0.5) is 5.69 Å². The number of nitrogens with zero attached hydrogens (tertiary/aromatic N) is 1. The van der Waals surface area contributed by atoms with E-state index in [9.17, 15) is 4.79 Å². The van der Waals surface area contributed by atoms with E-state index in [1.165, 1.54) is 4.90 Å². The van der Waals surface area contributed by atoms with Gasteiger partial charge in [0.05, 0.1) is 21.7 Å². The van der Waals surface area contributed by atoms with Crippen molar-refractivity contribution in [3.63, 3.8) is 0 Å². The van der Waals surface area contributed by atoms with E-state index in [2.05, 4.69) is 10.6 Å². The molecule has 2 rings (SSSR count). The van der Waals surface area contributed by atoms with E-state index < -0.39 is 0 Å². The summed E-state index contributed by atoms with van der Waals surface area (Å²) in [6, 6.07) is 3.87. The van der Waals surface area contributed by atoms with Crippen molar-refractivity contribution >= 4 is 34.8 Å². The van der Waals surface area contributed by atoms with Crippen molar-refractivity contribution in [3.05, 3.63) is 27.7 Å². The SMILES string of the molecule is CN(C)C(=O)c1c(Cl)cc(NC2CNC2)cc1Cl. The largest absolute Gasteiger partial charge is 0.380 e. The summed E-state index contributed by atoms with van der Waals surface area (Å²) in [6.45, 7) is 1.85. The number of benzene rings is 1. The Hall–Kier alpha value is -0.970. The lowest BCUT2D eigenvalue weighted by molar-refractivity contribution is 0.0828. The monoisotopic (exact) mass is 287 g/mol. The number of hydrogen-bond acceptors (Lipinski definition) is 3. The van der Waals surface area contributed by atoms with Gasteiger partial charge in [-0.3, -0.25) is 4.79 Å². The maximum Gasteiger partial charge on any atom is 0.256 e. The molecule has 18 heavy (non-hydrogen) atoms. The second-order valence-electron chi connectivity index (χ2n) is 4.51. The number of nitrogens with one attached hydrogen (secondary N) is 2. The van der Waals surface area contributed by atoms with Crippen molar-refractivity contribution in [1.29, 1.82) is 0 Å². The molecule has 6 heteroatoms. The van der Waals surface area contributed by atoms with E-state index in [0.717, 1.165) is 18.8 Å². The summed E-state index contributed by atoms with van der Waals surface area (Å²) in [6.07, 6.45) is 0. The van der Waals surface area contributed by atoms with E-state index in [-0.39, 0.29) is 5.91 Å². The molecule has 2 N–H and O–H groups in total. The van der Waals surface area contributed by atoms with Crippen LogP contribution in [0.3, 0.4) is 0 Å². The molecule has 1 aromatic carbocycles. The first-order valence-corrected chi connectivity index (χ1v) is 6.42. The summed E-state index contributed by atoms with van der Waals surface area (Å²) in [5, 5.41) is 7.21. The molecule has 0 atom stereocenters. The van der Waals surface area contributed by atoms with Crippen LogP contribution in [0.5, 0.6) is 0 Å². The lowest BCUT2D eigenvalue weighted by Crippen LogP contribution is -2.51. The lowest BCUT2D eigenvalue weighted by atomic mass is 10.1. The molecule has 1 aromatic rings. The fourth-order valence-corrected chi connectivity index (χ4v) is 2.36. The zero-order chi connectivity index (χ0) is 13.3. The van der Waals surface area contributed by atoms with E-state index in [4.69, 9.17) is 23.2 Å². The summed E-state index contributed by atoms with van der Waals surface area (Å²) >= 11 is 12.3. The maximum atomic E-state index is 11.9. The predicted molar refractivity (Wildman–Crippen MR) is 74.8 cm³/mol. The van der Waals surface area contributed by atoms with Gasteiger partial charge in [-0.05, 0) is 12.1 Å². The van der Waals surface area contributed by atoms with Crippen molar-refractivity contribution in [2.75, 3.05) is 32.5 Å². The quantitative estimate of drug-likeness (QED) is 0.895. The van der Waals surface area contributed by atoms with Gasteiger partial charge >= 0.3 is 0 Å². The Kier molecular flexibility index (Phi) is 4.00. The normalized spacial score (nSPS) is 15.1. The number of rotatable bonds is 3. The smallest absolute Gasteiger partial charge is 0.256 e. The highest BCUT2D eigenvalue weighted by molar-refractivity contribution is 6.40. The molecule has 1 amide bonds. The molecule has 0 unspecified atom stereocenters. The van der Waals surface area contributed by atoms with Gasteiger partial charge in [0, 0.05) is 32.9 Å². The Morgan fingerprint density at radius 1 is 1.33 bits per heavy atom. The molecule has 1 heterocycles. The number of halogens is 2. The first-order chi connectivity index (χ1) is 8.49. The van der Waals surface area contributed by atoms with E-state index in [1.807, 2.05) is 0 Å². The molecule has 1 saturated heterocycles. The second kappa shape index (κ2) is 5.34. The third kappa shape index (κ3) is 2.71. The first-order valence-electron chi connectivity index (χ1n) is 5.67. The van der Waals surface area contributed by atoms with E-state index in [0.29, 0.717) is 21.7 Å². The molecule has 0 bridgehead atoms. The van der Waals surface area contributed by atoms with Gasteiger partial charge in [0.1, 0.15) is 0 Å². The molecule has 0 saturated carbocycles. The third-order valence-corrected chi connectivity index (χ3v) is 3.41. The van der Waals surface area contributed by atoms with Gasteiger partial charge in [-0.15, -0.1) is 0 Å². The summed E-state index contributed by atoms with van der Waals surface area (Å²) < 4.78 is 0. The van der Waals surface area contributed by atoms with Crippen LogP contribution in [0.15, 0.2) is 12.1 Å². The van der Waals surface area contributed by atoms with Gasteiger partial charge in [-0.25, -0.2) is 0 Å². The number of amides is 1. The number of carbonyl (C=O) groups excluding carboxylic acids is 1. The molecule has 1 aliphatic rings. The summed E-state index contributed by atoms with van der Waals surface area (Å²) in [5.41, 5.74) is 1.19. The van der Waals surface area contributed by atoms with Crippen LogP contribution in [0.1, 0.15) is 10.4 Å². The molecule has 0 aromatic heterocycles. The van der Waals surface area contributed by atoms with Gasteiger partial charge in [-0.1, -0.05) is 23.2 Å². The predicted octanol–water partition coefficient (Wildman–Crippen LogP) is 2.08. The van der Waals surface area contributed by atoms with Crippen molar-refractivity contribution in [2.45, 2.75) is 6.04 Å². The van der Waals surface area contributed by atoms with Crippen LogP contribution in [-0.2, 0) is 0 Å². The van der Waals surface area contributed by atoms with Gasteiger partial charge in [0.15, 0.2) is 0 Å². The Labute approximate surface area is 116 Å². The van der Waals surface area contributed by atoms with Crippen LogP contribution < -0.4 is 10.6 Å². The second-order valence-corrected chi connectivity index (χ2v) is 5.33. The van der Waals surface area contributed by atoms with Gasteiger partial charge in [0.25, 0.3) is 5.91 Å². The molecule has 0 spiro atoms. The fraction of sp³-hybridized carbons (Fsp3) is 0.417. The molecular formula is C12H15Cl2N3O. The topological polar surface area (TPSA) is 44.4 Å². The number of carbonyl (C=O) groups is 1. The maximum absolute atomic E-state index is 11.9. The average Bonchev–Trinajstić information content (AvgIpc) is 2.22. The van der Waals surface area contributed by atoms with Crippen LogP contribution >= 0.6 is 23.2 Å². The lowest BCUT2D eigenvalue weighted by Gasteiger charge is -2.29. The van der Waals surface area contributed by atoms with Crippen molar-refractivity contribution in [3.8, 4) is 0 Å². The minimum absolute atomic E-state index is 0.193. The zero-order valence-electron chi connectivity index (χ0n) is 10.3. The van der Waals surface area contributed by atoms with Gasteiger partial charge in [-0.2, -0.15) is 0 Å². The summed E-state index contributed by atoms with van der Waals surface area (Å²) in [4.78, 5) is 13.4. The Balaban J connectivity index is 2.25. The van der Waals surface area contributed by atoms with Crippen LogP contribution in [0.2, 0.25) is 10.0 Å². The molecule has 1 aliphatic heterocycles. The third-order valence-electron chi connectivity index (χ3n) is 2.81. The standard InChI is InChI=1S/C12H15Cl2N3O/c1-17(2)12(18)11-9(13)3-7(4-10(11)14)16-8-5-15-6-8/h3-4,8,15-16H,5-6H2,1-2H3. The Morgan fingerprint density at radius 3 is 2.28 bits per heavy atom. The average molecular weight is 288 g/mol. The fourth-order valence-electron chi connectivity index (χ4n) is 1.71. The number of anilines is 1. The molecule has 0 aliphatic carbocycles. The van der Waals surface area contributed by atoms with Crippen molar-refractivity contribution in [1.82, 2.24) is 10.2 Å². The minimum atomic E-state index is -0.193.